The minimum absolute atomic E-state index is 0.673. The van der Waals surface area contributed by atoms with Crippen LogP contribution in [0.1, 0.15) is 11.1 Å². The van der Waals surface area contributed by atoms with Crippen molar-refractivity contribution in [2.24, 2.45) is 0 Å². The Balaban J connectivity index is 2.28. The first kappa shape index (κ1) is 13.9. The quantitative estimate of drug-likeness (QED) is 0.576. The van der Waals surface area contributed by atoms with E-state index in [1.165, 1.54) is 5.56 Å². The molecule has 94 valence electrons. The zero-order valence-electron chi connectivity index (χ0n) is 9.71. The van der Waals surface area contributed by atoms with E-state index in [0.29, 0.717) is 5.02 Å². The van der Waals surface area contributed by atoms with E-state index < -0.39 is 0 Å². The second-order valence-corrected chi connectivity index (χ2v) is 5.75. The summed E-state index contributed by atoms with van der Waals surface area (Å²) in [6.07, 6.45) is 0. The van der Waals surface area contributed by atoms with Gasteiger partial charge in [-0.1, -0.05) is 55.6 Å². The summed E-state index contributed by atoms with van der Waals surface area (Å²) < 4.78 is 6.87. The van der Waals surface area contributed by atoms with Crippen LogP contribution in [0.2, 0.25) is 5.02 Å². The van der Waals surface area contributed by atoms with Gasteiger partial charge < -0.3 is 4.74 Å². The second kappa shape index (κ2) is 6.09. The fourth-order valence-electron chi connectivity index (χ4n) is 1.51. The molecule has 0 fully saturated rings. The minimum atomic E-state index is 0.673. The number of hydrogen-bond donors (Lipinski definition) is 0. The number of alkyl halides is 1. The van der Waals surface area contributed by atoms with Gasteiger partial charge in [-0.3, -0.25) is 0 Å². The van der Waals surface area contributed by atoms with E-state index >= 15 is 0 Å². The van der Waals surface area contributed by atoms with Gasteiger partial charge in [0, 0.05) is 14.8 Å². The van der Waals surface area contributed by atoms with Crippen LogP contribution in [0.25, 0.3) is 0 Å². The first-order valence-electron chi connectivity index (χ1n) is 5.38. The van der Waals surface area contributed by atoms with Crippen LogP contribution in [-0.4, -0.2) is 0 Å². The zero-order valence-corrected chi connectivity index (χ0v) is 13.6. The summed E-state index contributed by atoms with van der Waals surface area (Å²) in [4.78, 5) is 0. The lowest BCUT2D eigenvalue weighted by Crippen LogP contribution is -1.89. The van der Waals surface area contributed by atoms with Crippen LogP contribution in [-0.2, 0) is 5.33 Å². The van der Waals surface area contributed by atoms with Crippen LogP contribution < -0.4 is 4.74 Å². The van der Waals surface area contributed by atoms with Gasteiger partial charge in [-0.15, -0.1) is 0 Å². The van der Waals surface area contributed by atoms with Crippen molar-refractivity contribution in [3.63, 3.8) is 0 Å². The number of aryl methyl sites for hydroxylation is 1. The topological polar surface area (TPSA) is 9.23 Å². The SMILES string of the molecule is Cc1ccc(Cl)cc1Oc1ccc(CBr)c(Br)c1. The summed E-state index contributed by atoms with van der Waals surface area (Å²) in [7, 11) is 0. The number of benzene rings is 2. The molecule has 0 saturated carbocycles. The maximum absolute atomic E-state index is 5.97. The van der Waals surface area contributed by atoms with Gasteiger partial charge in [-0.2, -0.15) is 0 Å². The molecule has 1 nitrogen and oxygen atoms in total. The molecule has 0 aromatic heterocycles. The average Bonchev–Trinajstić information content (AvgIpc) is 2.34. The molecule has 0 aliphatic rings. The van der Waals surface area contributed by atoms with Crippen LogP contribution in [0, 0.1) is 6.92 Å². The van der Waals surface area contributed by atoms with E-state index in [4.69, 9.17) is 16.3 Å². The zero-order chi connectivity index (χ0) is 13.1. The van der Waals surface area contributed by atoms with Gasteiger partial charge in [-0.05, 0) is 42.3 Å². The first-order valence-corrected chi connectivity index (χ1v) is 7.68. The van der Waals surface area contributed by atoms with Crippen molar-refractivity contribution < 1.29 is 4.74 Å². The summed E-state index contributed by atoms with van der Waals surface area (Å²) in [5.41, 5.74) is 2.24. The maximum Gasteiger partial charge on any atom is 0.131 e. The van der Waals surface area contributed by atoms with Crippen LogP contribution in [0.5, 0.6) is 11.5 Å². The monoisotopic (exact) mass is 388 g/mol. The third kappa shape index (κ3) is 3.28. The van der Waals surface area contributed by atoms with Crippen molar-refractivity contribution in [2.75, 3.05) is 0 Å². The molecule has 2 rings (SSSR count). The lowest BCUT2D eigenvalue weighted by molar-refractivity contribution is 0.478. The average molecular weight is 391 g/mol. The normalized spacial score (nSPS) is 10.4. The van der Waals surface area contributed by atoms with Crippen molar-refractivity contribution in [1.29, 1.82) is 0 Å². The molecule has 0 aliphatic carbocycles. The molecular weight excluding hydrogens is 379 g/mol. The smallest absolute Gasteiger partial charge is 0.131 e. The van der Waals surface area contributed by atoms with Gasteiger partial charge in [0.05, 0.1) is 0 Å². The molecule has 18 heavy (non-hydrogen) atoms. The van der Waals surface area contributed by atoms with E-state index in [2.05, 4.69) is 31.9 Å². The van der Waals surface area contributed by atoms with E-state index in [1.807, 2.05) is 43.3 Å². The van der Waals surface area contributed by atoms with Crippen molar-refractivity contribution in [3.8, 4) is 11.5 Å². The van der Waals surface area contributed by atoms with Gasteiger partial charge >= 0.3 is 0 Å². The highest BCUT2D eigenvalue weighted by Gasteiger charge is 2.05. The number of rotatable bonds is 3. The van der Waals surface area contributed by atoms with Crippen LogP contribution in [0.3, 0.4) is 0 Å². The highest BCUT2D eigenvalue weighted by atomic mass is 79.9. The molecule has 0 amide bonds. The third-order valence-corrected chi connectivity index (χ3v) is 4.12. The molecule has 4 heteroatoms. The van der Waals surface area contributed by atoms with Crippen molar-refractivity contribution in [2.45, 2.75) is 12.3 Å². The predicted molar refractivity (Wildman–Crippen MR) is 83.0 cm³/mol. The first-order chi connectivity index (χ1) is 8.60. The number of ether oxygens (including phenoxy) is 1. The third-order valence-electron chi connectivity index (χ3n) is 2.55. The molecule has 0 spiro atoms. The molecule has 2 aromatic rings. The lowest BCUT2D eigenvalue weighted by atomic mass is 10.2. The Morgan fingerprint density at radius 3 is 2.61 bits per heavy atom. The maximum atomic E-state index is 5.97. The van der Waals surface area contributed by atoms with E-state index in [0.717, 1.165) is 26.9 Å². The van der Waals surface area contributed by atoms with Gasteiger partial charge in [0.15, 0.2) is 0 Å². The molecule has 0 atom stereocenters. The molecular formula is C14H11Br2ClO. The van der Waals surface area contributed by atoms with Gasteiger partial charge in [-0.25, -0.2) is 0 Å². The van der Waals surface area contributed by atoms with E-state index in [9.17, 15) is 0 Å². The van der Waals surface area contributed by atoms with Crippen LogP contribution in [0.15, 0.2) is 40.9 Å². The Hall–Kier alpha value is -0.510. The predicted octanol–water partition coefficient (Wildman–Crippen LogP) is 6.10. The Kier molecular flexibility index (Phi) is 4.71. The van der Waals surface area contributed by atoms with Gasteiger partial charge in [0.25, 0.3) is 0 Å². The van der Waals surface area contributed by atoms with Crippen molar-refractivity contribution >= 4 is 43.5 Å². The summed E-state index contributed by atoms with van der Waals surface area (Å²) in [5, 5.41) is 1.48. The molecule has 0 radical (unpaired) electrons. The molecule has 0 heterocycles. The molecule has 0 unspecified atom stereocenters. The van der Waals surface area contributed by atoms with Crippen LogP contribution >= 0.6 is 43.5 Å². The molecule has 0 aliphatic heterocycles. The molecule has 2 aromatic carbocycles. The second-order valence-electron chi connectivity index (χ2n) is 3.90. The largest absolute Gasteiger partial charge is 0.457 e. The fourth-order valence-corrected chi connectivity index (χ4v) is 3.04. The Labute approximate surface area is 128 Å². The summed E-state index contributed by atoms with van der Waals surface area (Å²) in [5.74, 6) is 1.57. The number of halogens is 3. The highest BCUT2D eigenvalue weighted by Crippen LogP contribution is 2.31. The lowest BCUT2D eigenvalue weighted by Gasteiger charge is -2.10. The Bertz CT molecular complexity index is 570. The molecule has 0 bridgehead atoms. The minimum Gasteiger partial charge on any atom is -0.457 e. The highest BCUT2D eigenvalue weighted by molar-refractivity contribution is 9.10. The molecule has 0 saturated heterocycles. The van der Waals surface area contributed by atoms with Gasteiger partial charge in [0.2, 0.25) is 0 Å². The summed E-state index contributed by atoms with van der Waals surface area (Å²) in [6, 6.07) is 11.5. The Morgan fingerprint density at radius 2 is 1.94 bits per heavy atom. The van der Waals surface area contributed by atoms with E-state index in [1.54, 1.807) is 0 Å². The standard InChI is InChI=1S/C14H11Br2ClO/c1-9-2-4-11(17)6-14(9)18-12-5-3-10(8-15)13(16)7-12/h2-7H,8H2,1H3. The van der Waals surface area contributed by atoms with Gasteiger partial charge in [0.1, 0.15) is 11.5 Å². The van der Waals surface area contributed by atoms with E-state index in [-0.39, 0.29) is 0 Å². The summed E-state index contributed by atoms with van der Waals surface area (Å²) >= 11 is 12.9. The van der Waals surface area contributed by atoms with Crippen molar-refractivity contribution in [1.82, 2.24) is 0 Å². The molecule has 0 N–H and O–H groups in total. The fraction of sp³-hybridized carbons (Fsp3) is 0.143. The van der Waals surface area contributed by atoms with Crippen LogP contribution in [0.4, 0.5) is 0 Å². The Morgan fingerprint density at radius 1 is 1.17 bits per heavy atom. The number of hydrogen-bond acceptors (Lipinski definition) is 1. The van der Waals surface area contributed by atoms with Crippen molar-refractivity contribution in [3.05, 3.63) is 57.0 Å². The summed E-state index contributed by atoms with van der Waals surface area (Å²) in [6.45, 7) is 1.99.